The number of aliphatic hydroxyl groups excluding tert-OH is 2. The monoisotopic (exact) mass is 140 g/mol. The van der Waals surface area contributed by atoms with Crippen molar-refractivity contribution in [2.45, 2.75) is 25.6 Å². The third-order valence-electron chi connectivity index (χ3n) is 1.81. The van der Waals surface area contributed by atoms with Crippen LogP contribution in [-0.4, -0.2) is 22.4 Å². The van der Waals surface area contributed by atoms with Crippen molar-refractivity contribution in [2.24, 2.45) is 0 Å². The summed E-state index contributed by atoms with van der Waals surface area (Å²) in [6.45, 7) is 5.48. The molecule has 2 N–H and O–H groups in total. The molecule has 0 aliphatic heterocycles. The van der Waals surface area contributed by atoms with Crippen LogP contribution in [0, 0.1) is 0 Å². The van der Waals surface area contributed by atoms with Crippen molar-refractivity contribution in [1.29, 1.82) is 0 Å². The van der Waals surface area contributed by atoms with E-state index in [0.29, 0.717) is 12.0 Å². The van der Waals surface area contributed by atoms with Gasteiger partial charge in [0.25, 0.3) is 0 Å². The Morgan fingerprint density at radius 1 is 1.50 bits per heavy atom. The molecule has 56 valence electrons. The average molecular weight is 140 g/mol. The van der Waals surface area contributed by atoms with Crippen LogP contribution in [0.4, 0.5) is 0 Å². The number of hydrogen-bond donors (Lipinski definition) is 2. The Morgan fingerprint density at radius 3 is 2.60 bits per heavy atom. The van der Waals surface area contributed by atoms with Crippen molar-refractivity contribution in [1.82, 2.24) is 0 Å². The van der Waals surface area contributed by atoms with Crippen molar-refractivity contribution in [3.8, 4) is 0 Å². The van der Waals surface area contributed by atoms with Gasteiger partial charge in [0.1, 0.15) is 0 Å². The molecule has 0 saturated carbocycles. The van der Waals surface area contributed by atoms with Crippen molar-refractivity contribution in [2.75, 3.05) is 0 Å². The first kappa shape index (κ1) is 7.51. The summed E-state index contributed by atoms with van der Waals surface area (Å²) in [4.78, 5) is 0. The molecule has 0 fully saturated rings. The van der Waals surface area contributed by atoms with E-state index in [2.05, 4.69) is 6.58 Å². The predicted molar refractivity (Wildman–Crippen MR) is 39.5 cm³/mol. The summed E-state index contributed by atoms with van der Waals surface area (Å²) in [6.07, 6.45) is 1.08. The van der Waals surface area contributed by atoms with Gasteiger partial charge >= 0.3 is 0 Å². The lowest BCUT2D eigenvalue weighted by atomic mass is 9.92. The van der Waals surface area contributed by atoms with Gasteiger partial charge in [0.15, 0.2) is 0 Å². The van der Waals surface area contributed by atoms with Gasteiger partial charge in [-0.3, -0.25) is 0 Å². The number of hydrogen-bond acceptors (Lipinski definition) is 2. The van der Waals surface area contributed by atoms with Crippen LogP contribution in [0.1, 0.15) is 13.3 Å². The maximum Gasteiger partial charge on any atom is 0.0812 e. The summed E-state index contributed by atoms with van der Waals surface area (Å²) < 4.78 is 0. The topological polar surface area (TPSA) is 40.5 Å². The highest BCUT2D eigenvalue weighted by molar-refractivity contribution is 5.29. The third kappa shape index (κ3) is 1.28. The van der Waals surface area contributed by atoms with Crippen LogP contribution in [0.15, 0.2) is 23.8 Å². The van der Waals surface area contributed by atoms with E-state index in [1.807, 2.05) is 6.92 Å². The van der Waals surface area contributed by atoms with Crippen molar-refractivity contribution < 1.29 is 10.2 Å². The molecule has 0 radical (unpaired) electrons. The summed E-state index contributed by atoms with van der Waals surface area (Å²) in [5.74, 6) is 0. The van der Waals surface area contributed by atoms with Gasteiger partial charge in [-0.05, 0) is 18.1 Å². The zero-order valence-corrected chi connectivity index (χ0v) is 6.04. The van der Waals surface area contributed by atoms with E-state index in [4.69, 9.17) is 5.11 Å². The molecular formula is C8H12O2. The SMILES string of the molecule is C=C1C=C(C)[C@@H](O)C[C@@H]1O. The molecule has 0 spiro atoms. The molecule has 0 amide bonds. The van der Waals surface area contributed by atoms with E-state index in [0.717, 1.165) is 5.57 Å². The van der Waals surface area contributed by atoms with Crippen LogP contribution < -0.4 is 0 Å². The fraction of sp³-hybridized carbons (Fsp3) is 0.500. The van der Waals surface area contributed by atoms with E-state index in [1.54, 1.807) is 6.08 Å². The first-order chi connectivity index (χ1) is 4.61. The van der Waals surface area contributed by atoms with Gasteiger partial charge in [0.2, 0.25) is 0 Å². The smallest absolute Gasteiger partial charge is 0.0812 e. The molecule has 0 unspecified atom stereocenters. The van der Waals surface area contributed by atoms with Crippen molar-refractivity contribution >= 4 is 0 Å². The van der Waals surface area contributed by atoms with Crippen LogP contribution >= 0.6 is 0 Å². The third-order valence-corrected chi connectivity index (χ3v) is 1.81. The van der Waals surface area contributed by atoms with E-state index in [-0.39, 0.29) is 0 Å². The molecule has 0 aromatic heterocycles. The van der Waals surface area contributed by atoms with Gasteiger partial charge in [-0.1, -0.05) is 12.7 Å². The minimum Gasteiger partial charge on any atom is -0.389 e. The van der Waals surface area contributed by atoms with E-state index < -0.39 is 12.2 Å². The van der Waals surface area contributed by atoms with Gasteiger partial charge in [-0.15, -0.1) is 0 Å². The average Bonchev–Trinajstić information content (AvgIpc) is 1.84. The minimum atomic E-state index is -0.557. The molecule has 2 heteroatoms. The van der Waals surface area contributed by atoms with Gasteiger partial charge in [-0.2, -0.15) is 0 Å². The molecule has 0 aromatic rings. The van der Waals surface area contributed by atoms with Crippen molar-refractivity contribution in [3.63, 3.8) is 0 Å². The standard InChI is InChI=1S/C8H12O2/c1-5-3-6(2)8(10)4-7(5)9/h3,7-10H,1,4H2,2H3/t7-,8-/m0/s1. The highest BCUT2D eigenvalue weighted by Crippen LogP contribution is 2.21. The molecule has 2 atom stereocenters. The lowest BCUT2D eigenvalue weighted by Gasteiger charge is -2.22. The fourth-order valence-corrected chi connectivity index (χ4v) is 1.03. The van der Waals surface area contributed by atoms with Crippen molar-refractivity contribution in [3.05, 3.63) is 23.8 Å². The second kappa shape index (κ2) is 2.56. The summed E-state index contributed by atoms with van der Waals surface area (Å²) in [5.41, 5.74) is 1.58. The fourth-order valence-electron chi connectivity index (χ4n) is 1.03. The van der Waals surface area contributed by atoms with Crippen LogP contribution in [0.25, 0.3) is 0 Å². The van der Waals surface area contributed by atoms with Crippen LogP contribution in [0.3, 0.4) is 0 Å². The molecular weight excluding hydrogens is 128 g/mol. The van der Waals surface area contributed by atoms with E-state index in [9.17, 15) is 5.11 Å². The van der Waals surface area contributed by atoms with Gasteiger partial charge in [-0.25, -0.2) is 0 Å². The van der Waals surface area contributed by atoms with Crippen LogP contribution in [-0.2, 0) is 0 Å². The quantitative estimate of drug-likeness (QED) is 0.517. The summed E-state index contributed by atoms with van der Waals surface area (Å²) in [6, 6.07) is 0. The Hall–Kier alpha value is -0.600. The lowest BCUT2D eigenvalue weighted by molar-refractivity contribution is 0.115. The molecule has 0 saturated heterocycles. The molecule has 0 bridgehead atoms. The maximum absolute atomic E-state index is 9.20. The Morgan fingerprint density at radius 2 is 2.10 bits per heavy atom. The Kier molecular flexibility index (Phi) is 1.92. The Balaban J connectivity index is 2.79. The zero-order valence-electron chi connectivity index (χ0n) is 6.04. The highest BCUT2D eigenvalue weighted by Gasteiger charge is 2.19. The number of rotatable bonds is 0. The summed E-state index contributed by atoms with van der Waals surface area (Å²) in [7, 11) is 0. The van der Waals surface area contributed by atoms with E-state index in [1.165, 1.54) is 0 Å². The molecule has 1 rings (SSSR count). The van der Waals surface area contributed by atoms with Gasteiger partial charge in [0.05, 0.1) is 12.2 Å². The second-order valence-electron chi connectivity index (χ2n) is 2.73. The van der Waals surface area contributed by atoms with E-state index >= 15 is 0 Å². The first-order valence-electron chi connectivity index (χ1n) is 3.34. The normalized spacial score (nSPS) is 33.9. The lowest BCUT2D eigenvalue weighted by Crippen LogP contribution is -2.24. The first-order valence-corrected chi connectivity index (χ1v) is 3.34. The second-order valence-corrected chi connectivity index (χ2v) is 2.73. The Bertz CT molecular complexity index is 182. The van der Waals surface area contributed by atoms with Crippen LogP contribution in [0.2, 0.25) is 0 Å². The largest absolute Gasteiger partial charge is 0.389 e. The minimum absolute atomic E-state index is 0.390. The molecule has 2 nitrogen and oxygen atoms in total. The molecule has 0 aromatic carbocycles. The molecule has 0 heterocycles. The molecule has 10 heavy (non-hydrogen) atoms. The molecule has 1 aliphatic rings. The summed E-state index contributed by atoms with van der Waals surface area (Å²) >= 11 is 0. The van der Waals surface area contributed by atoms with Gasteiger partial charge in [0, 0.05) is 6.42 Å². The maximum atomic E-state index is 9.20. The molecule has 1 aliphatic carbocycles. The summed E-state index contributed by atoms with van der Waals surface area (Å²) in [5, 5.41) is 18.4. The van der Waals surface area contributed by atoms with Gasteiger partial charge < -0.3 is 10.2 Å². The van der Waals surface area contributed by atoms with Crippen LogP contribution in [0.5, 0.6) is 0 Å². The Labute approximate surface area is 60.5 Å². The number of aliphatic hydroxyl groups is 2. The predicted octanol–water partition coefficient (Wildman–Crippen LogP) is 0.614. The zero-order chi connectivity index (χ0) is 7.72. The highest BCUT2D eigenvalue weighted by atomic mass is 16.3.